The van der Waals surface area contributed by atoms with E-state index >= 15 is 0 Å². The van der Waals surface area contributed by atoms with Crippen LogP contribution in [0.1, 0.15) is 48.0 Å². The summed E-state index contributed by atoms with van der Waals surface area (Å²) in [5.74, 6) is 1.31. The summed E-state index contributed by atoms with van der Waals surface area (Å²) in [6.45, 7) is 0. The average molecular weight is 347 g/mol. The highest BCUT2D eigenvalue weighted by Crippen LogP contribution is 2.42. The fraction of sp³-hybridized carbons (Fsp3) is 0.333. The van der Waals surface area contributed by atoms with Gasteiger partial charge in [-0.05, 0) is 48.1 Å². The van der Waals surface area contributed by atoms with Crippen molar-refractivity contribution >= 4 is 15.9 Å². The highest BCUT2D eigenvalue weighted by molar-refractivity contribution is 9.10. The average Bonchev–Trinajstić information content (AvgIpc) is 2.45. The Morgan fingerprint density at radius 3 is 2.57 bits per heavy atom. The summed E-state index contributed by atoms with van der Waals surface area (Å²) in [7, 11) is 1.64. The number of benzene rings is 2. The van der Waals surface area contributed by atoms with Crippen LogP contribution < -0.4 is 4.74 Å². The minimum atomic E-state index is -0.658. The molecule has 0 aliphatic heterocycles. The molecule has 0 radical (unpaired) electrons. The Bertz CT molecular complexity index is 635. The maximum atomic E-state index is 10.9. The third kappa shape index (κ3) is 2.85. The largest absolute Gasteiger partial charge is 0.496 e. The number of rotatable bonds is 4. The van der Waals surface area contributed by atoms with Crippen molar-refractivity contribution < 1.29 is 9.84 Å². The molecule has 0 aromatic heterocycles. The first-order chi connectivity index (χ1) is 10.2. The second kappa shape index (κ2) is 6.20. The standard InChI is InChI=1S/C18H19BrO2/c1-21-17-10-9-13(19)11-16(17)18(20)15-8-3-2-7-14(15)12-5-4-6-12/h2-3,7-12,18,20H,4-6H2,1H3. The number of hydrogen-bond acceptors (Lipinski definition) is 2. The van der Waals surface area contributed by atoms with Gasteiger partial charge in [-0.15, -0.1) is 0 Å². The van der Waals surface area contributed by atoms with E-state index < -0.39 is 6.10 Å². The van der Waals surface area contributed by atoms with Crippen LogP contribution in [0.3, 0.4) is 0 Å². The summed E-state index contributed by atoms with van der Waals surface area (Å²) in [5, 5.41) is 10.9. The molecule has 1 unspecified atom stereocenters. The molecule has 0 amide bonds. The van der Waals surface area contributed by atoms with Crippen molar-refractivity contribution in [3.8, 4) is 5.75 Å². The zero-order chi connectivity index (χ0) is 14.8. The van der Waals surface area contributed by atoms with Crippen LogP contribution in [0.5, 0.6) is 5.75 Å². The molecule has 0 saturated heterocycles. The minimum Gasteiger partial charge on any atom is -0.496 e. The Hall–Kier alpha value is -1.32. The number of aliphatic hydroxyl groups excluding tert-OH is 1. The molecule has 110 valence electrons. The lowest BCUT2D eigenvalue weighted by molar-refractivity contribution is 0.211. The first-order valence-corrected chi connectivity index (χ1v) is 8.10. The number of aliphatic hydroxyl groups is 1. The summed E-state index contributed by atoms with van der Waals surface area (Å²) in [6, 6.07) is 14.0. The second-order valence-electron chi connectivity index (χ2n) is 5.55. The Labute approximate surface area is 133 Å². The Morgan fingerprint density at radius 1 is 1.14 bits per heavy atom. The molecule has 2 nitrogen and oxygen atoms in total. The molecule has 1 atom stereocenters. The highest BCUT2D eigenvalue weighted by Gasteiger charge is 2.26. The topological polar surface area (TPSA) is 29.5 Å². The maximum Gasteiger partial charge on any atom is 0.125 e. The molecule has 1 fully saturated rings. The van der Waals surface area contributed by atoms with Crippen LogP contribution in [-0.2, 0) is 0 Å². The third-order valence-electron chi connectivity index (χ3n) is 4.32. The van der Waals surface area contributed by atoms with Gasteiger partial charge in [0, 0.05) is 10.0 Å². The van der Waals surface area contributed by atoms with Gasteiger partial charge in [0.1, 0.15) is 11.9 Å². The van der Waals surface area contributed by atoms with E-state index in [4.69, 9.17) is 4.74 Å². The smallest absolute Gasteiger partial charge is 0.125 e. The van der Waals surface area contributed by atoms with Gasteiger partial charge in [-0.25, -0.2) is 0 Å². The molecule has 3 heteroatoms. The number of hydrogen-bond donors (Lipinski definition) is 1. The van der Waals surface area contributed by atoms with E-state index in [-0.39, 0.29) is 0 Å². The molecular formula is C18H19BrO2. The predicted molar refractivity (Wildman–Crippen MR) is 87.8 cm³/mol. The molecule has 2 aromatic rings. The van der Waals surface area contributed by atoms with Crippen LogP contribution in [0.4, 0.5) is 0 Å². The molecule has 21 heavy (non-hydrogen) atoms. The quantitative estimate of drug-likeness (QED) is 0.860. The Kier molecular flexibility index (Phi) is 4.32. The molecule has 1 aliphatic rings. The first-order valence-electron chi connectivity index (χ1n) is 7.31. The lowest BCUT2D eigenvalue weighted by Gasteiger charge is -2.29. The molecular weight excluding hydrogens is 328 g/mol. The lowest BCUT2D eigenvalue weighted by atomic mass is 9.77. The number of halogens is 1. The molecule has 0 bridgehead atoms. The van der Waals surface area contributed by atoms with Gasteiger partial charge in [-0.2, -0.15) is 0 Å². The fourth-order valence-corrected chi connectivity index (χ4v) is 3.32. The SMILES string of the molecule is COc1ccc(Br)cc1C(O)c1ccccc1C1CCC1. The normalized spacial score (nSPS) is 16.3. The van der Waals surface area contributed by atoms with Gasteiger partial charge in [0.15, 0.2) is 0 Å². The lowest BCUT2D eigenvalue weighted by Crippen LogP contribution is -2.14. The van der Waals surface area contributed by atoms with Crippen molar-refractivity contribution in [1.82, 2.24) is 0 Å². The zero-order valence-electron chi connectivity index (χ0n) is 12.1. The molecule has 3 rings (SSSR count). The molecule has 0 spiro atoms. The molecule has 2 aromatic carbocycles. The highest BCUT2D eigenvalue weighted by atomic mass is 79.9. The molecule has 1 N–H and O–H groups in total. The van der Waals surface area contributed by atoms with Crippen molar-refractivity contribution in [3.63, 3.8) is 0 Å². The van der Waals surface area contributed by atoms with Gasteiger partial charge in [0.2, 0.25) is 0 Å². The van der Waals surface area contributed by atoms with E-state index in [0.29, 0.717) is 11.7 Å². The van der Waals surface area contributed by atoms with Crippen LogP contribution in [0.2, 0.25) is 0 Å². The monoisotopic (exact) mass is 346 g/mol. The Balaban J connectivity index is 2.02. The van der Waals surface area contributed by atoms with Crippen LogP contribution in [-0.4, -0.2) is 12.2 Å². The summed E-state index contributed by atoms with van der Waals surface area (Å²) in [5.41, 5.74) is 3.08. The van der Waals surface area contributed by atoms with Crippen LogP contribution >= 0.6 is 15.9 Å². The zero-order valence-corrected chi connectivity index (χ0v) is 13.6. The number of ether oxygens (including phenoxy) is 1. The van der Waals surface area contributed by atoms with E-state index in [9.17, 15) is 5.11 Å². The van der Waals surface area contributed by atoms with Crippen LogP contribution in [0, 0.1) is 0 Å². The van der Waals surface area contributed by atoms with Gasteiger partial charge in [0.05, 0.1) is 7.11 Å². The summed E-state index contributed by atoms with van der Waals surface area (Å²) < 4.78 is 6.35. The fourth-order valence-electron chi connectivity index (χ4n) is 2.94. The van der Waals surface area contributed by atoms with Crippen LogP contribution in [0.15, 0.2) is 46.9 Å². The van der Waals surface area contributed by atoms with E-state index in [2.05, 4.69) is 28.1 Å². The third-order valence-corrected chi connectivity index (χ3v) is 4.82. The van der Waals surface area contributed by atoms with E-state index in [1.54, 1.807) is 7.11 Å². The van der Waals surface area contributed by atoms with Crippen molar-refractivity contribution in [2.45, 2.75) is 31.3 Å². The molecule has 0 heterocycles. The molecule has 1 aliphatic carbocycles. The van der Waals surface area contributed by atoms with Gasteiger partial charge >= 0.3 is 0 Å². The summed E-state index contributed by atoms with van der Waals surface area (Å²) in [6.07, 6.45) is 3.07. The van der Waals surface area contributed by atoms with E-state index in [1.807, 2.05) is 30.3 Å². The second-order valence-corrected chi connectivity index (χ2v) is 6.46. The van der Waals surface area contributed by atoms with Gasteiger partial charge in [0.25, 0.3) is 0 Å². The maximum absolute atomic E-state index is 10.9. The predicted octanol–water partition coefficient (Wildman–Crippen LogP) is 4.81. The number of methoxy groups -OCH3 is 1. The summed E-state index contributed by atoms with van der Waals surface area (Å²) in [4.78, 5) is 0. The summed E-state index contributed by atoms with van der Waals surface area (Å²) >= 11 is 3.47. The van der Waals surface area contributed by atoms with Crippen molar-refractivity contribution in [2.75, 3.05) is 7.11 Å². The van der Waals surface area contributed by atoms with Crippen molar-refractivity contribution in [1.29, 1.82) is 0 Å². The minimum absolute atomic E-state index is 0.592. The Morgan fingerprint density at radius 2 is 1.90 bits per heavy atom. The van der Waals surface area contributed by atoms with Crippen molar-refractivity contribution in [2.24, 2.45) is 0 Å². The van der Waals surface area contributed by atoms with E-state index in [1.165, 1.54) is 24.8 Å². The van der Waals surface area contributed by atoms with E-state index in [0.717, 1.165) is 15.6 Å². The van der Waals surface area contributed by atoms with Gasteiger partial charge < -0.3 is 9.84 Å². The van der Waals surface area contributed by atoms with Gasteiger partial charge in [-0.3, -0.25) is 0 Å². The van der Waals surface area contributed by atoms with Gasteiger partial charge in [-0.1, -0.05) is 46.6 Å². The van der Waals surface area contributed by atoms with Crippen molar-refractivity contribution in [3.05, 3.63) is 63.6 Å². The van der Waals surface area contributed by atoms with Crippen LogP contribution in [0.25, 0.3) is 0 Å². The molecule has 1 saturated carbocycles. The first kappa shape index (κ1) is 14.6.